The number of benzene rings is 2. The van der Waals surface area contributed by atoms with Crippen molar-refractivity contribution in [2.45, 2.75) is 20.8 Å². The average molecular weight is 375 g/mol. The van der Waals surface area contributed by atoms with Crippen molar-refractivity contribution >= 4 is 34.8 Å². The number of anilines is 1. The van der Waals surface area contributed by atoms with Crippen LogP contribution in [0.2, 0.25) is 10.0 Å². The zero-order valence-electron chi connectivity index (χ0n) is 14.0. The minimum absolute atomic E-state index is 0.313. The van der Waals surface area contributed by atoms with Crippen molar-refractivity contribution in [3.8, 4) is 11.3 Å². The van der Waals surface area contributed by atoms with Gasteiger partial charge in [-0.3, -0.25) is 4.79 Å². The van der Waals surface area contributed by atoms with Crippen LogP contribution in [0.4, 0.5) is 5.69 Å². The van der Waals surface area contributed by atoms with Gasteiger partial charge in [-0.25, -0.2) is 0 Å². The van der Waals surface area contributed by atoms with Gasteiger partial charge in [0.1, 0.15) is 17.0 Å². The van der Waals surface area contributed by atoms with Gasteiger partial charge in [-0.1, -0.05) is 40.5 Å². The number of halogens is 2. The van der Waals surface area contributed by atoms with Crippen molar-refractivity contribution in [3.05, 3.63) is 68.9 Å². The molecule has 6 heteroatoms. The van der Waals surface area contributed by atoms with Crippen LogP contribution >= 0.6 is 23.2 Å². The maximum atomic E-state index is 12.8. The van der Waals surface area contributed by atoms with Crippen molar-refractivity contribution in [2.24, 2.45) is 0 Å². The number of aromatic nitrogens is 1. The highest BCUT2D eigenvalue weighted by atomic mass is 35.5. The van der Waals surface area contributed by atoms with Gasteiger partial charge in [-0.15, -0.1) is 0 Å². The third kappa shape index (κ3) is 3.41. The van der Waals surface area contributed by atoms with Crippen LogP contribution < -0.4 is 5.32 Å². The monoisotopic (exact) mass is 374 g/mol. The fourth-order valence-corrected chi connectivity index (χ4v) is 3.12. The summed E-state index contributed by atoms with van der Waals surface area (Å²) in [6, 6.07) is 10.8. The fraction of sp³-hybridized carbons (Fsp3) is 0.158. The van der Waals surface area contributed by atoms with Gasteiger partial charge in [0, 0.05) is 11.3 Å². The summed E-state index contributed by atoms with van der Waals surface area (Å²) in [6.45, 7) is 5.68. The maximum absolute atomic E-state index is 12.8. The zero-order chi connectivity index (χ0) is 18.1. The first-order valence-corrected chi connectivity index (χ1v) is 8.43. The molecule has 0 saturated carbocycles. The third-order valence-corrected chi connectivity index (χ3v) is 4.68. The molecular formula is C19H16Cl2N2O2. The van der Waals surface area contributed by atoms with Crippen LogP contribution in [0.1, 0.15) is 27.2 Å². The van der Waals surface area contributed by atoms with Crippen LogP contribution in [0.15, 0.2) is 40.9 Å². The van der Waals surface area contributed by atoms with Crippen LogP contribution in [0.25, 0.3) is 11.3 Å². The van der Waals surface area contributed by atoms with E-state index in [-0.39, 0.29) is 5.91 Å². The molecule has 0 aliphatic carbocycles. The molecule has 2 aromatic carbocycles. The minimum Gasteiger partial charge on any atom is -0.360 e. The Hall–Kier alpha value is -2.30. The second-order valence-corrected chi connectivity index (χ2v) is 6.63. The molecule has 4 nitrogen and oxygen atoms in total. The lowest BCUT2D eigenvalue weighted by atomic mass is 10.0. The van der Waals surface area contributed by atoms with E-state index in [2.05, 4.69) is 10.5 Å². The summed E-state index contributed by atoms with van der Waals surface area (Å²) in [5.41, 5.74) is 4.07. The molecule has 0 fully saturated rings. The smallest absolute Gasteiger partial charge is 0.261 e. The molecular weight excluding hydrogens is 359 g/mol. The summed E-state index contributed by atoms with van der Waals surface area (Å²) < 4.78 is 5.23. The maximum Gasteiger partial charge on any atom is 0.261 e. The first-order valence-electron chi connectivity index (χ1n) is 7.67. The highest BCUT2D eigenvalue weighted by Gasteiger charge is 2.25. The molecule has 128 valence electrons. The van der Waals surface area contributed by atoms with Gasteiger partial charge in [-0.05, 0) is 56.2 Å². The molecule has 0 aliphatic rings. The molecule has 1 aromatic heterocycles. The summed E-state index contributed by atoms with van der Waals surface area (Å²) >= 11 is 12.5. The molecule has 3 aromatic rings. The van der Waals surface area contributed by atoms with Gasteiger partial charge in [0.15, 0.2) is 0 Å². The molecule has 0 radical (unpaired) electrons. The van der Waals surface area contributed by atoms with Crippen LogP contribution in [0.3, 0.4) is 0 Å². The Morgan fingerprint density at radius 2 is 1.72 bits per heavy atom. The van der Waals surface area contributed by atoms with Gasteiger partial charge in [-0.2, -0.15) is 0 Å². The quantitative estimate of drug-likeness (QED) is 0.627. The Morgan fingerprint density at radius 1 is 1.04 bits per heavy atom. The molecule has 0 spiro atoms. The normalized spacial score (nSPS) is 10.8. The number of carbonyl (C=O) groups excluding carboxylic acids is 1. The molecule has 0 saturated heterocycles. The van der Waals surface area contributed by atoms with Gasteiger partial charge in [0.25, 0.3) is 5.91 Å². The van der Waals surface area contributed by atoms with Gasteiger partial charge < -0.3 is 9.84 Å². The molecule has 1 amide bonds. The first kappa shape index (κ1) is 17.5. The van der Waals surface area contributed by atoms with E-state index in [0.29, 0.717) is 38.3 Å². The van der Waals surface area contributed by atoms with Crippen LogP contribution in [0, 0.1) is 20.8 Å². The Morgan fingerprint density at radius 3 is 2.36 bits per heavy atom. The summed E-state index contributed by atoms with van der Waals surface area (Å²) in [5, 5.41) is 7.68. The Kier molecular flexibility index (Phi) is 4.84. The number of carbonyl (C=O) groups is 1. The number of amides is 1. The van der Waals surface area contributed by atoms with Gasteiger partial charge in [0.2, 0.25) is 0 Å². The van der Waals surface area contributed by atoms with Crippen LogP contribution in [0.5, 0.6) is 0 Å². The van der Waals surface area contributed by atoms with E-state index in [1.807, 2.05) is 32.0 Å². The predicted octanol–water partition coefficient (Wildman–Crippen LogP) is 5.83. The highest BCUT2D eigenvalue weighted by Crippen LogP contribution is 2.37. The Bertz CT molecular complexity index is 944. The fourth-order valence-electron chi connectivity index (χ4n) is 2.55. The van der Waals surface area contributed by atoms with E-state index in [9.17, 15) is 4.79 Å². The highest BCUT2D eigenvalue weighted by molar-refractivity contribution is 6.39. The van der Waals surface area contributed by atoms with E-state index in [4.69, 9.17) is 27.7 Å². The lowest BCUT2D eigenvalue weighted by Crippen LogP contribution is -2.13. The van der Waals surface area contributed by atoms with E-state index in [0.717, 1.165) is 11.1 Å². The third-order valence-electron chi connectivity index (χ3n) is 4.05. The molecule has 25 heavy (non-hydrogen) atoms. The van der Waals surface area contributed by atoms with E-state index in [1.54, 1.807) is 25.1 Å². The SMILES string of the molecule is Cc1ccc(NC(=O)c2c(-c3c(Cl)cccc3Cl)noc2C)cc1C. The largest absolute Gasteiger partial charge is 0.360 e. The van der Waals surface area contributed by atoms with Gasteiger partial charge >= 0.3 is 0 Å². The Labute approximate surface area is 155 Å². The van der Waals surface area contributed by atoms with Crippen LogP contribution in [-0.2, 0) is 0 Å². The lowest BCUT2D eigenvalue weighted by molar-refractivity contribution is 0.102. The number of hydrogen-bond donors (Lipinski definition) is 1. The number of rotatable bonds is 3. The van der Waals surface area contributed by atoms with E-state index >= 15 is 0 Å². The van der Waals surface area contributed by atoms with Gasteiger partial charge in [0.05, 0.1) is 10.0 Å². The van der Waals surface area contributed by atoms with E-state index < -0.39 is 0 Å². The number of hydrogen-bond acceptors (Lipinski definition) is 3. The van der Waals surface area contributed by atoms with E-state index in [1.165, 1.54) is 0 Å². The van der Waals surface area contributed by atoms with Crippen molar-refractivity contribution in [2.75, 3.05) is 5.32 Å². The predicted molar refractivity (Wildman–Crippen MR) is 101 cm³/mol. The van der Waals surface area contributed by atoms with Crippen LogP contribution in [-0.4, -0.2) is 11.1 Å². The standard InChI is InChI=1S/C19H16Cl2N2O2/c1-10-7-8-13(9-11(10)2)22-19(24)16-12(3)25-23-18(16)17-14(20)5-4-6-15(17)21/h4-9H,1-3H3,(H,22,24). The molecule has 0 aliphatic heterocycles. The second kappa shape index (κ2) is 6.90. The summed E-state index contributed by atoms with van der Waals surface area (Å²) in [5.74, 6) is 0.0697. The molecule has 0 bridgehead atoms. The minimum atomic E-state index is -0.326. The molecule has 0 atom stereocenters. The summed E-state index contributed by atoms with van der Waals surface area (Å²) in [4.78, 5) is 12.8. The topological polar surface area (TPSA) is 55.1 Å². The molecule has 1 N–H and O–H groups in total. The zero-order valence-corrected chi connectivity index (χ0v) is 15.5. The number of aryl methyl sites for hydroxylation is 3. The van der Waals surface area contributed by atoms with Crippen molar-refractivity contribution < 1.29 is 9.32 Å². The Balaban J connectivity index is 2.02. The molecule has 1 heterocycles. The number of nitrogens with one attached hydrogen (secondary N) is 1. The second-order valence-electron chi connectivity index (χ2n) is 5.81. The average Bonchev–Trinajstić information content (AvgIpc) is 2.92. The summed E-state index contributed by atoms with van der Waals surface area (Å²) in [6.07, 6.45) is 0. The van der Waals surface area contributed by atoms with Crippen molar-refractivity contribution in [3.63, 3.8) is 0 Å². The summed E-state index contributed by atoms with van der Waals surface area (Å²) in [7, 11) is 0. The first-order chi connectivity index (χ1) is 11.9. The number of nitrogens with zero attached hydrogens (tertiary/aromatic N) is 1. The van der Waals surface area contributed by atoms with Crippen molar-refractivity contribution in [1.82, 2.24) is 5.16 Å². The lowest BCUT2D eigenvalue weighted by Gasteiger charge is -2.09. The molecule has 3 rings (SSSR count). The molecule has 0 unspecified atom stereocenters. The van der Waals surface area contributed by atoms with Crippen molar-refractivity contribution in [1.29, 1.82) is 0 Å².